The zero-order valence-corrected chi connectivity index (χ0v) is 21.6. The third kappa shape index (κ3) is 3.83. The molecule has 4 rings (SSSR count). The minimum absolute atomic E-state index is 0.00480. The van der Waals surface area contributed by atoms with Gasteiger partial charge in [-0.2, -0.15) is 0 Å². The van der Waals surface area contributed by atoms with Crippen LogP contribution in [0, 0.1) is 52.3 Å². The fraction of sp³-hybridized carbons (Fsp3) is 0.929. The fourth-order valence-corrected chi connectivity index (χ4v) is 9.27. The first-order chi connectivity index (χ1) is 15.8. The zero-order chi connectivity index (χ0) is 25.2. The predicted molar refractivity (Wildman–Crippen MR) is 131 cm³/mol. The molecule has 0 unspecified atom stereocenters. The van der Waals surface area contributed by atoms with E-state index in [0.29, 0.717) is 12.8 Å². The number of fused-ring (bicyclic) bond motifs is 5. The maximum atomic E-state index is 12.3. The summed E-state index contributed by atoms with van der Waals surface area (Å²) in [6.45, 7) is 10.6. The third-order valence-corrected chi connectivity index (χ3v) is 11.3. The van der Waals surface area contributed by atoms with Crippen LogP contribution in [0.25, 0.3) is 0 Å². The molecule has 0 bridgehead atoms. The van der Waals surface area contributed by atoms with Gasteiger partial charge in [-0.3, -0.25) is 0 Å². The first kappa shape index (κ1) is 26.6. The Hall–Kier alpha value is -0.500. The molecule has 4 aliphatic rings. The van der Waals surface area contributed by atoms with Crippen LogP contribution in [0.2, 0.25) is 0 Å². The molecule has 4 aliphatic carbocycles. The van der Waals surface area contributed by atoms with E-state index in [1.807, 2.05) is 6.92 Å². The van der Waals surface area contributed by atoms with Crippen molar-refractivity contribution in [3.05, 3.63) is 12.2 Å². The molecule has 6 heteroatoms. The molecule has 0 aromatic carbocycles. The van der Waals surface area contributed by atoms with Crippen molar-refractivity contribution in [3.63, 3.8) is 0 Å². The van der Waals surface area contributed by atoms with Gasteiger partial charge < -0.3 is 30.6 Å². The summed E-state index contributed by atoms with van der Waals surface area (Å²) >= 11 is 0. The molecule has 0 spiro atoms. The van der Waals surface area contributed by atoms with E-state index in [4.69, 9.17) is 0 Å². The lowest BCUT2D eigenvalue weighted by atomic mass is 9.42. The van der Waals surface area contributed by atoms with Crippen LogP contribution in [0.4, 0.5) is 0 Å². The van der Waals surface area contributed by atoms with Crippen molar-refractivity contribution in [1.82, 2.24) is 0 Å². The van der Waals surface area contributed by atoms with Crippen molar-refractivity contribution < 1.29 is 30.6 Å². The highest BCUT2D eigenvalue weighted by molar-refractivity contribution is 5.22. The van der Waals surface area contributed by atoms with Crippen LogP contribution in [0.3, 0.4) is 0 Å². The lowest BCUT2D eigenvalue weighted by Crippen LogP contribution is -2.68. The first-order valence-electron chi connectivity index (χ1n) is 13.5. The summed E-state index contributed by atoms with van der Waals surface area (Å²) < 4.78 is 0. The van der Waals surface area contributed by atoms with Crippen LogP contribution in [-0.2, 0) is 0 Å². The van der Waals surface area contributed by atoms with Crippen molar-refractivity contribution in [1.29, 1.82) is 0 Å². The van der Waals surface area contributed by atoms with Crippen molar-refractivity contribution in [2.75, 3.05) is 6.61 Å². The van der Waals surface area contributed by atoms with Gasteiger partial charge in [0.1, 0.15) is 0 Å². The molecule has 34 heavy (non-hydrogen) atoms. The van der Waals surface area contributed by atoms with E-state index in [-0.39, 0.29) is 54.0 Å². The van der Waals surface area contributed by atoms with Crippen LogP contribution < -0.4 is 0 Å². The number of rotatable bonds is 5. The SMILES string of the molecule is C[C@H](/C=C/[C@@H](C)[C@H](C)CO)[C@H]1[C@@H](O)[C@@H](O)[C@@H]2[C@]1(C)CC[C@@H]1[C@@]3(C)CC[C@H](O)C[C@@H]3[C@@H](O)C[C@]12O. The van der Waals surface area contributed by atoms with Gasteiger partial charge in [0, 0.05) is 18.9 Å². The minimum atomic E-state index is -1.25. The Balaban J connectivity index is 1.66. The van der Waals surface area contributed by atoms with Gasteiger partial charge in [-0.05, 0) is 78.4 Å². The summed E-state index contributed by atoms with van der Waals surface area (Å²) in [5, 5.41) is 66.0. The van der Waals surface area contributed by atoms with Gasteiger partial charge >= 0.3 is 0 Å². The Morgan fingerprint density at radius 3 is 2.21 bits per heavy atom. The monoisotopic (exact) mass is 480 g/mol. The Kier molecular flexibility index (Phi) is 7.12. The van der Waals surface area contributed by atoms with Crippen LogP contribution in [-0.4, -0.2) is 67.3 Å². The second-order valence-corrected chi connectivity index (χ2v) is 13.1. The highest BCUT2D eigenvalue weighted by Crippen LogP contribution is 2.69. The Labute approximate surface area is 205 Å². The fourth-order valence-electron chi connectivity index (χ4n) is 9.27. The maximum absolute atomic E-state index is 12.3. The lowest BCUT2D eigenvalue weighted by molar-refractivity contribution is -0.263. The molecule has 0 saturated heterocycles. The summed E-state index contributed by atoms with van der Waals surface area (Å²) in [5.74, 6) is -0.503. The summed E-state index contributed by atoms with van der Waals surface area (Å²) in [6, 6.07) is 0. The third-order valence-electron chi connectivity index (χ3n) is 11.3. The van der Waals surface area contributed by atoms with E-state index in [9.17, 15) is 30.6 Å². The molecule has 0 aromatic heterocycles. The second kappa shape index (κ2) is 9.11. The first-order valence-corrected chi connectivity index (χ1v) is 13.5. The van der Waals surface area contributed by atoms with Crippen molar-refractivity contribution >= 4 is 0 Å². The molecule has 196 valence electrons. The van der Waals surface area contributed by atoms with Gasteiger partial charge in [0.05, 0.1) is 30.0 Å². The van der Waals surface area contributed by atoms with Crippen LogP contribution in [0.15, 0.2) is 12.2 Å². The molecule has 4 saturated carbocycles. The summed E-state index contributed by atoms with van der Waals surface area (Å²) in [5.41, 5.74) is -2.01. The molecular weight excluding hydrogens is 432 g/mol. The number of allylic oxidation sites excluding steroid dienone is 2. The lowest BCUT2D eigenvalue weighted by Gasteiger charge is -2.65. The molecule has 6 nitrogen and oxygen atoms in total. The van der Waals surface area contributed by atoms with Crippen molar-refractivity contribution in [2.45, 2.75) is 103 Å². The van der Waals surface area contributed by atoms with Gasteiger partial charge in [0.2, 0.25) is 0 Å². The van der Waals surface area contributed by atoms with Gasteiger partial charge in [0.25, 0.3) is 0 Å². The minimum Gasteiger partial charge on any atom is -0.396 e. The second-order valence-electron chi connectivity index (χ2n) is 13.1. The smallest absolute Gasteiger partial charge is 0.0863 e. The van der Waals surface area contributed by atoms with Crippen LogP contribution >= 0.6 is 0 Å². The largest absolute Gasteiger partial charge is 0.396 e. The van der Waals surface area contributed by atoms with E-state index in [0.717, 1.165) is 19.3 Å². The Bertz CT molecular complexity index is 772. The quantitative estimate of drug-likeness (QED) is 0.336. The van der Waals surface area contributed by atoms with Crippen molar-refractivity contribution in [3.8, 4) is 0 Å². The van der Waals surface area contributed by atoms with Crippen LogP contribution in [0.5, 0.6) is 0 Å². The highest BCUT2D eigenvalue weighted by atomic mass is 16.3. The normalized spacial score (nSPS) is 53.6. The standard InChI is InChI=1S/C28H48O6/c1-15(17(3)14-29)6-7-16(2)22-23(32)24(33)25-27(22,5)11-9-21-26(4)10-8-18(30)12-19(26)20(31)13-28(21,25)34/h6-7,15-25,29-34H,8-14H2,1-5H3/b7-6+/t15-,16-,17-,18+,19-,20+,21-,22+,23-,24-,25-,26+,27-,28+/m1/s1. The molecule has 0 aliphatic heterocycles. The van der Waals surface area contributed by atoms with Gasteiger partial charge in [0.15, 0.2) is 0 Å². The van der Waals surface area contributed by atoms with E-state index in [1.54, 1.807) is 0 Å². The average molecular weight is 481 g/mol. The van der Waals surface area contributed by atoms with Gasteiger partial charge in [-0.15, -0.1) is 0 Å². The molecule has 0 radical (unpaired) electrons. The van der Waals surface area contributed by atoms with Gasteiger partial charge in [-0.1, -0.05) is 46.8 Å². The summed E-state index contributed by atoms with van der Waals surface area (Å²) in [7, 11) is 0. The topological polar surface area (TPSA) is 121 Å². The zero-order valence-electron chi connectivity index (χ0n) is 21.6. The number of hydrogen-bond acceptors (Lipinski definition) is 6. The van der Waals surface area contributed by atoms with E-state index >= 15 is 0 Å². The highest BCUT2D eigenvalue weighted by Gasteiger charge is 2.72. The molecule has 0 aromatic rings. The average Bonchev–Trinajstić information content (AvgIpc) is 2.98. The summed E-state index contributed by atoms with van der Waals surface area (Å²) in [6.07, 6.45) is 4.87. The maximum Gasteiger partial charge on any atom is 0.0863 e. The Morgan fingerprint density at radius 1 is 0.912 bits per heavy atom. The Morgan fingerprint density at radius 2 is 1.56 bits per heavy atom. The van der Waals surface area contributed by atoms with Crippen molar-refractivity contribution in [2.24, 2.45) is 52.3 Å². The number of aliphatic hydroxyl groups is 6. The van der Waals surface area contributed by atoms with E-state index in [1.165, 1.54) is 0 Å². The van der Waals surface area contributed by atoms with E-state index < -0.39 is 41.3 Å². The van der Waals surface area contributed by atoms with Gasteiger partial charge in [-0.25, -0.2) is 0 Å². The molecule has 14 atom stereocenters. The number of aliphatic hydroxyl groups excluding tert-OH is 5. The van der Waals surface area contributed by atoms with E-state index in [2.05, 4.69) is 39.8 Å². The molecule has 6 N–H and O–H groups in total. The van der Waals surface area contributed by atoms with Crippen LogP contribution in [0.1, 0.15) is 73.1 Å². The molecular formula is C28H48O6. The molecule has 0 heterocycles. The number of hydrogen-bond donors (Lipinski definition) is 6. The summed E-state index contributed by atoms with van der Waals surface area (Å²) in [4.78, 5) is 0. The molecule has 4 fully saturated rings. The predicted octanol–water partition coefficient (Wildman–Crippen LogP) is 2.49. The molecule has 0 amide bonds.